The van der Waals surface area contributed by atoms with E-state index in [1.54, 1.807) is 0 Å². The van der Waals surface area contributed by atoms with Crippen LogP contribution >= 0.6 is 12.2 Å². The van der Waals surface area contributed by atoms with Crippen LogP contribution in [0.1, 0.15) is 25.2 Å². The maximum absolute atomic E-state index is 9.10. The fourth-order valence-corrected chi connectivity index (χ4v) is 1.81. The van der Waals surface area contributed by atoms with E-state index in [0.29, 0.717) is 10.6 Å². The fourth-order valence-electron chi connectivity index (χ4n) is 1.48. The Morgan fingerprint density at radius 2 is 2.27 bits per heavy atom. The van der Waals surface area contributed by atoms with Gasteiger partial charge in [-0.1, -0.05) is 0 Å². The van der Waals surface area contributed by atoms with E-state index < -0.39 is 0 Å². The number of aromatic amines is 1. The first-order valence-corrected chi connectivity index (χ1v) is 5.38. The molecule has 6 heteroatoms. The molecule has 1 aromatic rings. The summed E-state index contributed by atoms with van der Waals surface area (Å²) >= 11 is 5.12. The molecule has 0 saturated carbocycles. The third kappa shape index (κ3) is 3.12. The van der Waals surface area contributed by atoms with Crippen molar-refractivity contribution in [1.82, 2.24) is 19.7 Å². The summed E-state index contributed by atoms with van der Waals surface area (Å²) < 4.78 is 2.45. The Morgan fingerprint density at radius 1 is 1.60 bits per heavy atom. The lowest BCUT2D eigenvalue weighted by Crippen LogP contribution is -2.18. The van der Waals surface area contributed by atoms with Gasteiger partial charge in [0.15, 0.2) is 10.6 Å². The summed E-state index contributed by atoms with van der Waals surface area (Å²) in [5.74, 6) is 0.603. The summed E-state index contributed by atoms with van der Waals surface area (Å²) in [6, 6.07) is 0.251. The summed E-state index contributed by atoms with van der Waals surface area (Å²) in [7, 11) is 4.07. The van der Waals surface area contributed by atoms with Gasteiger partial charge in [-0.15, -0.1) is 0 Å². The number of aromatic nitrogens is 3. The molecule has 0 aromatic carbocycles. The molecule has 0 bridgehead atoms. The van der Waals surface area contributed by atoms with E-state index in [2.05, 4.69) is 22.0 Å². The summed E-state index contributed by atoms with van der Waals surface area (Å²) in [5.41, 5.74) is 0. The van der Waals surface area contributed by atoms with Gasteiger partial charge in [0.2, 0.25) is 0 Å². The second-order valence-corrected chi connectivity index (χ2v) is 4.30. The summed E-state index contributed by atoms with van der Waals surface area (Å²) in [6.45, 7) is 2.98. The van der Waals surface area contributed by atoms with Gasteiger partial charge in [-0.25, -0.2) is 0 Å². The molecule has 2 N–H and O–H groups in total. The van der Waals surface area contributed by atoms with Crippen molar-refractivity contribution in [1.29, 1.82) is 0 Å². The van der Waals surface area contributed by atoms with Gasteiger partial charge in [0.05, 0.1) is 0 Å². The van der Waals surface area contributed by atoms with Gasteiger partial charge >= 0.3 is 0 Å². The topological polar surface area (TPSA) is 57.1 Å². The van der Waals surface area contributed by atoms with Gasteiger partial charge < -0.3 is 10.0 Å². The van der Waals surface area contributed by atoms with E-state index >= 15 is 0 Å². The Bertz CT molecular complexity index is 357. The van der Waals surface area contributed by atoms with Crippen LogP contribution in [0, 0.1) is 4.77 Å². The molecule has 0 amide bonds. The number of rotatable bonds is 5. The molecule has 5 nitrogen and oxygen atoms in total. The predicted molar refractivity (Wildman–Crippen MR) is 61.2 cm³/mol. The summed E-state index contributed by atoms with van der Waals surface area (Å²) in [4.78, 5) is 2.12. The van der Waals surface area contributed by atoms with Crippen molar-refractivity contribution in [3.8, 4) is 0 Å². The van der Waals surface area contributed by atoms with Crippen LogP contribution in [0.15, 0.2) is 0 Å². The molecule has 1 atom stereocenters. The van der Waals surface area contributed by atoms with Crippen LogP contribution in [-0.2, 0) is 6.61 Å². The van der Waals surface area contributed by atoms with Crippen LogP contribution in [0.4, 0.5) is 0 Å². The number of nitrogens with one attached hydrogen (secondary N) is 1. The zero-order valence-corrected chi connectivity index (χ0v) is 10.2. The summed E-state index contributed by atoms with van der Waals surface area (Å²) in [5, 5.41) is 15.8. The standard InChI is InChI=1S/C9H18N4OS/c1-7(4-5-12(2)3)13-8(6-14)10-11-9(13)15/h7,14H,4-6H2,1-3H3,(H,11,15). The van der Waals surface area contributed by atoms with Crippen molar-refractivity contribution >= 4 is 12.2 Å². The Labute approximate surface area is 94.7 Å². The maximum atomic E-state index is 9.10. The van der Waals surface area contributed by atoms with Crippen LogP contribution < -0.4 is 0 Å². The molecule has 1 aromatic heterocycles. The highest BCUT2D eigenvalue weighted by Crippen LogP contribution is 2.13. The van der Waals surface area contributed by atoms with Crippen LogP contribution in [0.5, 0.6) is 0 Å². The van der Waals surface area contributed by atoms with E-state index in [0.717, 1.165) is 13.0 Å². The average Bonchev–Trinajstić information content (AvgIpc) is 2.56. The highest BCUT2D eigenvalue weighted by atomic mass is 32.1. The Hall–Kier alpha value is -0.720. The van der Waals surface area contributed by atoms with E-state index in [1.165, 1.54) is 0 Å². The maximum Gasteiger partial charge on any atom is 0.195 e. The van der Waals surface area contributed by atoms with E-state index in [1.807, 2.05) is 18.7 Å². The number of aliphatic hydroxyl groups is 1. The van der Waals surface area contributed by atoms with Crippen LogP contribution in [0.2, 0.25) is 0 Å². The molecule has 0 aliphatic rings. The van der Waals surface area contributed by atoms with Gasteiger partial charge in [-0.05, 0) is 46.2 Å². The first-order chi connectivity index (χ1) is 7.06. The Balaban J connectivity index is 2.76. The molecule has 15 heavy (non-hydrogen) atoms. The molecule has 1 heterocycles. The number of H-pyrrole nitrogens is 1. The average molecular weight is 230 g/mol. The van der Waals surface area contributed by atoms with Gasteiger partial charge in [0, 0.05) is 6.04 Å². The lowest BCUT2D eigenvalue weighted by atomic mass is 10.2. The van der Waals surface area contributed by atoms with Gasteiger partial charge in [0.25, 0.3) is 0 Å². The number of nitrogens with zero attached hydrogens (tertiary/aromatic N) is 3. The zero-order valence-electron chi connectivity index (χ0n) is 9.40. The second-order valence-electron chi connectivity index (χ2n) is 3.91. The molecule has 0 spiro atoms. The Morgan fingerprint density at radius 3 is 2.80 bits per heavy atom. The highest BCUT2D eigenvalue weighted by Gasteiger charge is 2.11. The third-order valence-electron chi connectivity index (χ3n) is 2.35. The minimum Gasteiger partial charge on any atom is -0.388 e. The van der Waals surface area contributed by atoms with Crippen LogP contribution in [0.3, 0.4) is 0 Å². The van der Waals surface area contributed by atoms with E-state index in [9.17, 15) is 0 Å². The third-order valence-corrected chi connectivity index (χ3v) is 2.64. The smallest absolute Gasteiger partial charge is 0.195 e. The fraction of sp³-hybridized carbons (Fsp3) is 0.778. The van der Waals surface area contributed by atoms with Crippen LogP contribution in [0.25, 0.3) is 0 Å². The van der Waals surface area contributed by atoms with Gasteiger partial charge in [0.1, 0.15) is 6.61 Å². The van der Waals surface area contributed by atoms with Crippen molar-refractivity contribution in [2.24, 2.45) is 0 Å². The summed E-state index contributed by atoms with van der Waals surface area (Å²) in [6.07, 6.45) is 0.980. The molecule has 0 aliphatic carbocycles. The molecular formula is C9H18N4OS. The van der Waals surface area contributed by atoms with Crippen molar-refractivity contribution < 1.29 is 5.11 Å². The van der Waals surface area contributed by atoms with Crippen molar-refractivity contribution in [3.63, 3.8) is 0 Å². The molecular weight excluding hydrogens is 212 g/mol. The molecule has 0 aliphatic heterocycles. The molecule has 86 valence electrons. The lowest BCUT2D eigenvalue weighted by molar-refractivity contribution is 0.257. The zero-order chi connectivity index (χ0) is 11.4. The predicted octanol–water partition coefficient (Wildman–Crippen LogP) is 0.946. The largest absolute Gasteiger partial charge is 0.388 e. The lowest BCUT2D eigenvalue weighted by Gasteiger charge is -2.17. The van der Waals surface area contributed by atoms with Crippen molar-refractivity contribution in [3.05, 3.63) is 10.6 Å². The molecule has 1 unspecified atom stereocenters. The van der Waals surface area contributed by atoms with E-state index in [4.69, 9.17) is 17.3 Å². The molecule has 1 rings (SSSR count). The van der Waals surface area contributed by atoms with E-state index in [-0.39, 0.29) is 12.6 Å². The molecule has 0 saturated heterocycles. The number of hydrogen-bond donors (Lipinski definition) is 2. The molecule has 0 radical (unpaired) electrons. The minimum atomic E-state index is -0.0839. The van der Waals surface area contributed by atoms with Crippen LogP contribution in [-0.4, -0.2) is 45.4 Å². The van der Waals surface area contributed by atoms with Gasteiger partial charge in [-0.3, -0.25) is 9.67 Å². The number of hydrogen-bond acceptors (Lipinski definition) is 4. The Kier molecular flexibility index (Phi) is 4.44. The minimum absolute atomic E-state index is 0.0839. The first-order valence-electron chi connectivity index (χ1n) is 4.97. The van der Waals surface area contributed by atoms with Crippen molar-refractivity contribution in [2.45, 2.75) is 26.0 Å². The highest BCUT2D eigenvalue weighted by molar-refractivity contribution is 7.71. The second kappa shape index (κ2) is 5.39. The van der Waals surface area contributed by atoms with Gasteiger partial charge in [-0.2, -0.15) is 5.10 Å². The monoisotopic (exact) mass is 230 g/mol. The molecule has 0 fully saturated rings. The van der Waals surface area contributed by atoms with Crippen molar-refractivity contribution in [2.75, 3.05) is 20.6 Å². The number of aliphatic hydroxyl groups excluding tert-OH is 1. The SMILES string of the molecule is CC(CCN(C)C)n1c(CO)n[nH]c1=S. The quantitative estimate of drug-likeness (QED) is 0.739. The first kappa shape index (κ1) is 12.4. The normalized spacial score (nSPS) is 13.4.